The Morgan fingerprint density at radius 1 is 1.12 bits per heavy atom. The summed E-state index contributed by atoms with van der Waals surface area (Å²) in [5, 5.41) is 13.9. The Morgan fingerprint density at radius 2 is 1.83 bits per heavy atom. The monoisotopic (exact) mass is 583 g/mol. The number of imidazole rings is 1. The smallest absolute Gasteiger partial charge is 0.219 e. The number of carbonyl (C=O) groups is 1. The van der Waals surface area contributed by atoms with Crippen molar-refractivity contribution < 1.29 is 14.6 Å². The van der Waals surface area contributed by atoms with Gasteiger partial charge in [-0.15, -0.1) is 0 Å². The zero-order valence-corrected chi connectivity index (χ0v) is 24.8. The first-order valence-electron chi connectivity index (χ1n) is 14.1. The molecule has 0 aliphatic carbocycles. The summed E-state index contributed by atoms with van der Waals surface area (Å²) >= 11 is 7.14. The van der Waals surface area contributed by atoms with Gasteiger partial charge in [-0.3, -0.25) is 4.79 Å². The van der Waals surface area contributed by atoms with Crippen molar-refractivity contribution in [2.24, 2.45) is 13.0 Å². The van der Waals surface area contributed by atoms with Gasteiger partial charge in [-0.05, 0) is 60.4 Å². The van der Waals surface area contributed by atoms with Crippen LogP contribution < -0.4 is 4.74 Å². The molecule has 1 saturated heterocycles. The van der Waals surface area contributed by atoms with Crippen molar-refractivity contribution in [3.8, 4) is 11.6 Å². The summed E-state index contributed by atoms with van der Waals surface area (Å²) in [4.78, 5) is 23.0. The van der Waals surface area contributed by atoms with Crippen molar-refractivity contribution in [1.29, 1.82) is 0 Å². The third-order valence-electron chi connectivity index (χ3n) is 8.57. The number of halogens is 1. The molecule has 8 nitrogen and oxygen atoms in total. The number of ether oxygens (including phenoxy) is 1. The zero-order valence-electron chi connectivity index (χ0n) is 24.0. The minimum absolute atomic E-state index is 0.0573. The molecule has 1 fully saturated rings. The van der Waals surface area contributed by atoms with E-state index in [0.29, 0.717) is 54.5 Å². The average Bonchev–Trinajstić information content (AvgIpc) is 3.71. The second-order valence-corrected chi connectivity index (χ2v) is 11.4. The Labute approximate surface area is 250 Å². The Hall–Kier alpha value is -4.14. The number of aromatic nitrogens is 4. The minimum Gasteiger partial charge on any atom is -0.481 e. The van der Waals surface area contributed by atoms with Crippen LogP contribution in [0.5, 0.6) is 5.88 Å². The maximum atomic E-state index is 12.6. The molecule has 216 valence electrons. The van der Waals surface area contributed by atoms with Crippen LogP contribution in [0.15, 0.2) is 79.5 Å². The number of amides is 1. The van der Waals surface area contributed by atoms with Gasteiger partial charge >= 0.3 is 0 Å². The van der Waals surface area contributed by atoms with Crippen molar-refractivity contribution in [3.63, 3.8) is 0 Å². The van der Waals surface area contributed by atoms with Crippen LogP contribution in [0.4, 0.5) is 0 Å². The number of hydrogen-bond donors (Lipinski definition) is 1. The SMILES string of the molecule is COc1nc2ccc(C(O)(c3cncn3C)C3CCN(C(C)=O)CC3)cc2c(Cl)c1Cc1ccc(-n2cccc2)cc1. The molecule has 2 aromatic carbocycles. The molecule has 1 amide bonds. The van der Waals surface area contributed by atoms with E-state index in [1.54, 1.807) is 26.6 Å². The van der Waals surface area contributed by atoms with Crippen LogP contribution in [-0.2, 0) is 23.9 Å². The van der Waals surface area contributed by atoms with Crippen LogP contribution in [0, 0.1) is 5.92 Å². The summed E-state index contributed by atoms with van der Waals surface area (Å²) in [6.45, 7) is 2.79. The molecule has 6 rings (SSSR count). The summed E-state index contributed by atoms with van der Waals surface area (Å²) in [5.41, 5.74) is 3.71. The van der Waals surface area contributed by atoms with Gasteiger partial charge in [0.25, 0.3) is 0 Å². The molecule has 0 bridgehead atoms. The molecule has 42 heavy (non-hydrogen) atoms. The van der Waals surface area contributed by atoms with Crippen LogP contribution in [0.1, 0.15) is 42.1 Å². The highest BCUT2D eigenvalue weighted by Gasteiger charge is 2.44. The highest BCUT2D eigenvalue weighted by Crippen LogP contribution is 2.44. The van der Waals surface area contributed by atoms with Gasteiger partial charge in [0.05, 0.1) is 35.9 Å². The number of likely N-dealkylation sites (tertiary alicyclic amines) is 1. The molecule has 0 saturated carbocycles. The summed E-state index contributed by atoms with van der Waals surface area (Å²) in [5.74, 6) is 0.416. The molecule has 5 aromatic rings. The van der Waals surface area contributed by atoms with Crippen LogP contribution in [0.3, 0.4) is 0 Å². The number of methoxy groups -OCH3 is 1. The van der Waals surface area contributed by atoms with Crippen LogP contribution in [0.2, 0.25) is 5.02 Å². The lowest BCUT2D eigenvalue weighted by Gasteiger charge is -2.42. The summed E-state index contributed by atoms with van der Waals surface area (Å²) in [6, 6.07) is 18.1. The van der Waals surface area contributed by atoms with E-state index in [1.807, 2.05) is 59.2 Å². The zero-order chi connectivity index (χ0) is 29.4. The summed E-state index contributed by atoms with van der Waals surface area (Å²) in [6.07, 6.45) is 9.31. The fourth-order valence-electron chi connectivity index (χ4n) is 6.23. The Morgan fingerprint density at radius 3 is 2.45 bits per heavy atom. The van der Waals surface area contributed by atoms with E-state index in [4.69, 9.17) is 21.3 Å². The van der Waals surface area contributed by atoms with Crippen molar-refractivity contribution in [2.45, 2.75) is 31.8 Å². The first kappa shape index (κ1) is 28.0. The van der Waals surface area contributed by atoms with Gasteiger partial charge in [0.2, 0.25) is 11.8 Å². The molecular weight excluding hydrogens is 550 g/mol. The number of hydrogen-bond acceptors (Lipinski definition) is 5. The second-order valence-electron chi connectivity index (χ2n) is 11.0. The highest BCUT2D eigenvalue weighted by atomic mass is 35.5. The van der Waals surface area contributed by atoms with Gasteiger partial charge in [-0.25, -0.2) is 9.97 Å². The Kier molecular flexibility index (Phi) is 7.51. The van der Waals surface area contributed by atoms with Crippen LogP contribution >= 0.6 is 11.6 Å². The fraction of sp³-hybridized carbons (Fsp3) is 0.303. The van der Waals surface area contributed by atoms with Crippen LogP contribution in [-0.4, -0.2) is 55.2 Å². The van der Waals surface area contributed by atoms with Crippen molar-refractivity contribution in [2.75, 3.05) is 20.2 Å². The number of carbonyl (C=O) groups excluding carboxylic acids is 1. The number of benzene rings is 2. The molecule has 1 N–H and O–H groups in total. The average molecular weight is 584 g/mol. The molecule has 9 heteroatoms. The lowest BCUT2D eigenvalue weighted by atomic mass is 9.73. The number of rotatable bonds is 7. The van der Waals surface area contributed by atoms with E-state index in [2.05, 4.69) is 33.8 Å². The predicted molar refractivity (Wildman–Crippen MR) is 163 cm³/mol. The number of aliphatic hydroxyl groups is 1. The highest BCUT2D eigenvalue weighted by molar-refractivity contribution is 6.36. The summed E-state index contributed by atoms with van der Waals surface area (Å²) in [7, 11) is 3.49. The number of aryl methyl sites for hydroxylation is 1. The Balaban J connectivity index is 1.40. The van der Waals surface area contributed by atoms with Crippen molar-refractivity contribution in [1.82, 2.24) is 24.0 Å². The maximum Gasteiger partial charge on any atom is 0.219 e. The van der Waals surface area contributed by atoms with E-state index < -0.39 is 5.60 Å². The molecule has 0 spiro atoms. The Bertz CT molecular complexity index is 1720. The number of pyridine rings is 1. The molecule has 1 unspecified atom stereocenters. The molecule has 1 aliphatic heterocycles. The van der Waals surface area contributed by atoms with E-state index in [1.165, 1.54) is 0 Å². The molecule has 4 heterocycles. The fourth-order valence-corrected chi connectivity index (χ4v) is 6.53. The van der Waals surface area contributed by atoms with Gasteiger partial charge < -0.3 is 23.9 Å². The van der Waals surface area contributed by atoms with E-state index in [9.17, 15) is 9.90 Å². The number of piperidine rings is 1. The van der Waals surface area contributed by atoms with Gasteiger partial charge in [-0.1, -0.05) is 29.8 Å². The first-order chi connectivity index (χ1) is 20.3. The van der Waals surface area contributed by atoms with Gasteiger partial charge in [0.15, 0.2) is 0 Å². The van der Waals surface area contributed by atoms with Gasteiger partial charge in [0.1, 0.15) is 5.60 Å². The second kappa shape index (κ2) is 11.3. The normalized spacial score (nSPS) is 15.6. The minimum atomic E-state index is -1.33. The standard InChI is InChI=1S/C33H34ClN5O3/c1-22(40)38-16-12-24(13-17-38)33(41,30-20-35-21-37(30)2)25-8-11-29-27(19-25)31(34)28(32(36-29)42-3)18-23-6-9-26(10-7-23)39-14-4-5-15-39/h4-11,14-15,19-21,24,41H,12-13,16-18H2,1-3H3. The first-order valence-corrected chi connectivity index (χ1v) is 14.5. The number of nitrogens with zero attached hydrogens (tertiary/aromatic N) is 5. The predicted octanol–water partition coefficient (Wildman–Crippen LogP) is 5.51. The largest absolute Gasteiger partial charge is 0.481 e. The quantitative estimate of drug-likeness (QED) is 0.273. The van der Waals surface area contributed by atoms with Crippen molar-refractivity contribution >= 4 is 28.4 Å². The molecule has 0 radical (unpaired) electrons. The third kappa shape index (κ3) is 4.95. The molecular formula is C33H34ClN5O3. The number of fused-ring (bicyclic) bond motifs is 1. The lowest BCUT2D eigenvalue weighted by molar-refractivity contribution is -0.131. The third-order valence-corrected chi connectivity index (χ3v) is 9.00. The van der Waals surface area contributed by atoms with Gasteiger partial charge in [-0.2, -0.15) is 0 Å². The van der Waals surface area contributed by atoms with E-state index >= 15 is 0 Å². The van der Waals surface area contributed by atoms with Gasteiger partial charge in [0, 0.05) is 68.4 Å². The molecule has 1 aliphatic rings. The molecule has 1 atom stereocenters. The topological polar surface area (TPSA) is 85.4 Å². The molecule has 3 aromatic heterocycles. The summed E-state index contributed by atoms with van der Waals surface area (Å²) < 4.78 is 9.61. The van der Waals surface area contributed by atoms with Crippen molar-refractivity contribution in [3.05, 3.63) is 107 Å². The van der Waals surface area contributed by atoms with Crippen LogP contribution in [0.25, 0.3) is 16.6 Å². The lowest BCUT2D eigenvalue weighted by Crippen LogP contribution is -2.46. The maximum absolute atomic E-state index is 12.6. The van der Waals surface area contributed by atoms with E-state index in [-0.39, 0.29) is 11.8 Å². The van der Waals surface area contributed by atoms with E-state index in [0.717, 1.165) is 27.8 Å².